The summed E-state index contributed by atoms with van der Waals surface area (Å²) < 4.78 is 0. The molecule has 122 valence electrons. The quantitative estimate of drug-likeness (QED) is 0.528. The van der Waals surface area contributed by atoms with Crippen LogP contribution in [-0.4, -0.2) is 27.8 Å². The first-order valence-electron chi connectivity index (χ1n) is 7.48. The van der Waals surface area contributed by atoms with E-state index in [9.17, 15) is 10.1 Å². The number of nitrogens with one attached hydrogen (secondary N) is 1. The Hall–Kier alpha value is -2.80. The fourth-order valence-corrected chi connectivity index (χ4v) is 2.89. The van der Waals surface area contributed by atoms with E-state index in [-0.39, 0.29) is 11.7 Å². The summed E-state index contributed by atoms with van der Waals surface area (Å²) in [6, 6.07) is 16.3. The second-order valence-electron chi connectivity index (χ2n) is 5.38. The fourth-order valence-electron chi connectivity index (χ4n) is 2.72. The molecule has 3 rings (SSSR count). The van der Waals surface area contributed by atoms with Crippen LogP contribution in [-0.2, 0) is 0 Å². The molecule has 1 heterocycles. The summed E-state index contributed by atoms with van der Waals surface area (Å²) in [6.07, 6.45) is 0.632. The van der Waals surface area contributed by atoms with E-state index in [0.29, 0.717) is 11.5 Å². The number of nitro groups is 1. The van der Waals surface area contributed by atoms with Crippen molar-refractivity contribution in [3.63, 3.8) is 0 Å². The van der Waals surface area contributed by atoms with E-state index in [1.54, 1.807) is 24.2 Å². The van der Waals surface area contributed by atoms with Gasteiger partial charge in [-0.05, 0) is 23.3 Å². The van der Waals surface area contributed by atoms with Gasteiger partial charge in [-0.25, -0.2) is 5.01 Å². The molecule has 0 saturated heterocycles. The lowest BCUT2D eigenvalue weighted by Crippen LogP contribution is -2.34. The second kappa shape index (κ2) is 6.76. The predicted molar refractivity (Wildman–Crippen MR) is 96.9 cm³/mol. The van der Waals surface area contributed by atoms with Crippen molar-refractivity contribution in [1.82, 2.24) is 10.3 Å². The van der Waals surface area contributed by atoms with Crippen molar-refractivity contribution in [3.8, 4) is 0 Å². The Kier molecular flexibility index (Phi) is 4.52. The molecule has 0 aromatic heterocycles. The van der Waals surface area contributed by atoms with Crippen LogP contribution < -0.4 is 5.32 Å². The third kappa shape index (κ3) is 3.11. The molecule has 2 aromatic carbocycles. The summed E-state index contributed by atoms with van der Waals surface area (Å²) in [6.45, 7) is 0. The molecule has 1 unspecified atom stereocenters. The standard InChI is InChI=1S/C17H16N4O2S/c1-18-17(24)20-16(13-8-5-9-14(10-13)21(22)23)11-15(19-20)12-6-3-2-4-7-12/h2-10,16H,11H2,1H3,(H,18,24). The maximum atomic E-state index is 11.1. The molecule has 6 nitrogen and oxygen atoms in total. The lowest BCUT2D eigenvalue weighted by atomic mass is 9.98. The molecule has 0 bridgehead atoms. The SMILES string of the molecule is CNC(=S)N1N=C(c2ccccc2)CC1c1cccc([N+](=O)[O-])c1. The van der Waals surface area contributed by atoms with E-state index in [2.05, 4.69) is 10.4 Å². The maximum absolute atomic E-state index is 11.1. The van der Waals surface area contributed by atoms with Crippen molar-refractivity contribution in [2.75, 3.05) is 7.05 Å². The number of nitrogens with zero attached hydrogens (tertiary/aromatic N) is 3. The zero-order valence-corrected chi connectivity index (χ0v) is 13.9. The van der Waals surface area contributed by atoms with Crippen LogP contribution in [0.15, 0.2) is 59.7 Å². The third-order valence-electron chi connectivity index (χ3n) is 3.91. The minimum Gasteiger partial charge on any atom is -0.364 e. The monoisotopic (exact) mass is 340 g/mol. The first-order valence-corrected chi connectivity index (χ1v) is 7.89. The summed E-state index contributed by atoms with van der Waals surface area (Å²) in [5, 5.41) is 20.8. The lowest BCUT2D eigenvalue weighted by molar-refractivity contribution is -0.384. The number of hydrogen-bond donors (Lipinski definition) is 1. The van der Waals surface area contributed by atoms with Crippen LogP contribution in [0.5, 0.6) is 0 Å². The topological polar surface area (TPSA) is 70.8 Å². The Morgan fingerprint density at radius 1 is 1.29 bits per heavy atom. The highest BCUT2D eigenvalue weighted by atomic mass is 32.1. The first-order chi connectivity index (χ1) is 11.6. The van der Waals surface area contributed by atoms with Gasteiger partial charge in [0.15, 0.2) is 5.11 Å². The number of non-ortho nitro benzene ring substituents is 1. The zero-order valence-electron chi connectivity index (χ0n) is 13.0. The molecule has 1 aliphatic rings. The van der Waals surface area contributed by atoms with Crippen LogP contribution in [0.1, 0.15) is 23.6 Å². The first kappa shape index (κ1) is 16.1. The Morgan fingerprint density at radius 3 is 2.71 bits per heavy atom. The van der Waals surface area contributed by atoms with Crippen LogP contribution in [0.2, 0.25) is 0 Å². The van der Waals surface area contributed by atoms with Gasteiger partial charge in [0, 0.05) is 25.6 Å². The summed E-state index contributed by atoms with van der Waals surface area (Å²) in [7, 11) is 1.74. The van der Waals surface area contributed by atoms with Crippen LogP contribution >= 0.6 is 12.2 Å². The van der Waals surface area contributed by atoms with Crippen molar-refractivity contribution in [2.24, 2.45) is 5.10 Å². The molecule has 0 saturated carbocycles. The van der Waals surface area contributed by atoms with Crippen LogP contribution in [0.4, 0.5) is 5.69 Å². The van der Waals surface area contributed by atoms with Crippen molar-refractivity contribution < 1.29 is 4.92 Å². The molecule has 1 atom stereocenters. The van der Waals surface area contributed by atoms with Gasteiger partial charge < -0.3 is 5.32 Å². The summed E-state index contributed by atoms with van der Waals surface area (Å²) in [5.74, 6) is 0. The second-order valence-corrected chi connectivity index (χ2v) is 5.77. The Balaban J connectivity index is 1.97. The minimum atomic E-state index is -0.391. The number of rotatable bonds is 3. The van der Waals surface area contributed by atoms with Crippen molar-refractivity contribution in [2.45, 2.75) is 12.5 Å². The van der Waals surface area contributed by atoms with Gasteiger partial charge in [0.2, 0.25) is 0 Å². The van der Waals surface area contributed by atoms with Gasteiger partial charge in [0.05, 0.1) is 16.7 Å². The van der Waals surface area contributed by atoms with Crippen molar-refractivity contribution in [3.05, 3.63) is 75.8 Å². The molecule has 24 heavy (non-hydrogen) atoms. The third-order valence-corrected chi connectivity index (χ3v) is 4.30. The summed E-state index contributed by atoms with van der Waals surface area (Å²) in [4.78, 5) is 10.7. The minimum absolute atomic E-state index is 0.0657. The number of hydrazone groups is 1. The van der Waals surface area contributed by atoms with Gasteiger partial charge in [-0.1, -0.05) is 42.5 Å². The highest BCUT2D eigenvalue weighted by Crippen LogP contribution is 2.34. The van der Waals surface area contributed by atoms with Crippen LogP contribution in [0.25, 0.3) is 0 Å². The average molecular weight is 340 g/mol. The maximum Gasteiger partial charge on any atom is 0.269 e. The number of hydrogen-bond acceptors (Lipinski definition) is 4. The van der Waals surface area contributed by atoms with E-state index in [0.717, 1.165) is 16.8 Å². The van der Waals surface area contributed by atoms with E-state index >= 15 is 0 Å². The molecule has 0 aliphatic carbocycles. The Labute approximate surface area is 144 Å². The molecular formula is C17H16N4O2S. The average Bonchev–Trinajstić information content (AvgIpc) is 3.07. The molecular weight excluding hydrogens is 324 g/mol. The largest absolute Gasteiger partial charge is 0.364 e. The van der Waals surface area contributed by atoms with Gasteiger partial charge in [-0.15, -0.1) is 0 Å². The van der Waals surface area contributed by atoms with Crippen molar-refractivity contribution in [1.29, 1.82) is 0 Å². The van der Waals surface area contributed by atoms with Crippen LogP contribution in [0.3, 0.4) is 0 Å². The molecule has 0 fully saturated rings. The van der Waals surface area contributed by atoms with Crippen LogP contribution in [0, 0.1) is 10.1 Å². The van der Waals surface area contributed by atoms with Gasteiger partial charge in [0.1, 0.15) is 0 Å². The summed E-state index contributed by atoms with van der Waals surface area (Å²) in [5.41, 5.74) is 2.81. The van der Waals surface area contributed by atoms with Gasteiger partial charge in [-0.2, -0.15) is 5.10 Å². The Morgan fingerprint density at radius 2 is 2.04 bits per heavy atom. The number of thiocarbonyl (C=S) groups is 1. The van der Waals surface area contributed by atoms with Gasteiger partial charge in [-0.3, -0.25) is 10.1 Å². The number of benzene rings is 2. The van der Waals surface area contributed by atoms with E-state index < -0.39 is 4.92 Å². The molecule has 7 heteroatoms. The normalized spacial score (nSPS) is 16.6. The molecule has 2 aromatic rings. The molecule has 0 amide bonds. The highest BCUT2D eigenvalue weighted by Gasteiger charge is 2.31. The van der Waals surface area contributed by atoms with E-state index in [1.165, 1.54) is 6.07 Å². The van der Waals surface area contributed by atoms with Gasteiger partial charge in [0.25, 0.3) is 5.69 Å². The fraction of sp³-hybridized carbons (Fsp3) is 0.176. The molecule has 1 N–H and O–H groups in total. The van der Waals surface area contributed by atoms with Crippen molar-refractivity contribution >= 4 is 28.7 Å². The number of nitro benzene ring substituents is 1. The Bertz CT molecular complexity index is 807. The smallest absolute Gasteiger partial charge is 0.269 e. The van der Waals surface area contributed by atoms with E-state index in [1.807, 2.05) is 36.4 Å². The molecule has 1 aliphatic heterocycles. The molecule has 0 radical (unpaired) electrons. The highest BCUT2D eigenvalue weighted by molar-refractivity contribution is 7.80. The van der Waals surface area contributed by atoms with E-state index in [4.69, 9.17) is 12.2 Å². The lowest BCUT2D eigenvalue weighted by Gasteiger charge is -2.23. The molecule has 0 spiro atoms. The predicted octanol–water partition coefficient (Wildman–Crippen LogP) is 3.25. The zero-order chi connectivity index (χ0) is 17.1. The van der Waals surface area contributed by atoms with Gasteiger partial charge >= 0.3 is 0 Å². The summed E-state index contributed by atoms with van der Waals surface area (Å²) >= 11 is 5.35.